The molecule has 2 rings (SSSR count). The number of hydrogen-bond donors (Lipinski definition) is 0. The fourth-order valence-corrected chi connectivity index (χ4v) is 2.45. The highest BCUT2D eigenvalue weighted by atomic mass is 32.1. The van der Waals surface area contributed by atoms with Gasteiger partial charge in [0, 0.05) is 26.2 Å². The summed E-state index contributed by atoms with van der Waals surface area (Å²) in [7, 11) is 0. The molecule has 0 aliphatic carbocycles. The number of hydrogen-bond acceptors (Lipinski definition) is 4. The molecule has 6 heteroatoms. The number of piperazine rings is 1. The predicted molar refractivity (Wildman–Crippen MR) is 93.2 cm³/mol. The molecule has 0 bridgehead atoms. The van der Waals surface area contributed by atoms with Gasteiger partial charge in [0.25, 0.3) is 5.17 Å². The standard InChI is InChI=1S/C17H24N2O3S/c1-17(2,3)22-15(20)18-9-11-19(12-10-18)16(23)21-13-14-7-5-4-6-8-14/h4-8H,9-13H2,1-3H3. The van der Waals surface area contributed by atoms with Gasteiger partial charge in [0.2, 0.25) is 0 Å². The zero-order chi connectivity index (χ0) is 16.9. The molecule has 23 heavy (non-hydrogen) atoms. The number of thiocarbonyl (C=S) groups is 1. The van der Waals surface area contributed by atoms with Crippen LogP contribution in [0.4, 0.5) is 4.79 Å². The van der Waals surface area contributed by atoms with E-state index in [4.69, 9.17) is 21.7 Å². The van der Waals surface area contributed by atoms with Gasteiger partial charge in [-0.25, -0.2) is 4.79 Å². The zero-order valence-electron chi connectivity index (χ0n) is 13.9. The van der Waals surface area contributed by atoms with Crippen LogP contribution in [-0.2, 0) is 16.1 Å². The third-order valence-electron chi connectivity index (χ3n) is 3.39. The Bertz CT molecular complexity index is 535. The first-order valence-corrected chi connectivity index (χ1v) is 8.19. The molecule has 0 saturated carbocycles. The van der Waals surface area contributed by atoms with Gasteiger partial charge in [-0.2, -0.15) is 0 Å². The topological polar surface area (TPSA) is 42.0 Å². The van der Waals surface area contributed by atoms with Crippen molar-refractivity contribution in [1.82, 2.24) is 9.80 Å². The number of rotatable bonds is 2. The van der Waals surface area contributed by atoms with Crippen LogP contribution in [0.3, 0.4) is 0 Å². The molecule has 0 N–H and O–H groups in total. The molecule has 0 spiro atoms. The molecule has 1 heterocycles. The van der Waals surface area contributed by atoms with E-state index in [0.717, 1.165) is 5.56 Å². The molecule has 0 aromatic heterocycles. The zero-order valence-corrected chi connectivity index (χ0v) is 14.8. The molecule has 1 amide bonds. The molecule has 126 valence electrons. The van der Waals surface area contributed by atoms with E-state index < -0.39 is 5.60 Å². The minimum atomic E-state index is -0.470. The van der Waals surface area contributed by atoms with Crippen LogP contribution >= 0.6 is 12.2 Å². The molecule has 5 nitrogen and oxygen atoms in total. The van der Waals surface area contributed by atoms with Gasteiger partial charge in [0.15, 0.2) is 0 Å². The second kappa shape index (κ2) is 7.64. The van der Waals surface area contributed by atoms with Crippen molar-refractivity contribution < 1.29 is 14.3 Å². The average molecular weight is 336 g/mol. The summed E-state index contributed by atoms with van der Waals surface area (Å²) in [4.78, 5) is 15.7. The van der Waals surface area contributed by atoms with Gasteiger partial charge in [0.1, 0.15) is 12.2 Å². The highest BCUT2D eigenvalue weighted by Gasteiger charge is 2.27. The van der Waals surface area contributed by atoms with E-state index in [0.29, 0.717) is 38.0 Å². The Morgan fingerprint density at radius 1 is 1.09 bits per heavy atom. The largest absolute Gasteiger partial charge is 0.466 e. The molecule has 0 unspecified atom stereocenters. The Balaban J connectivity index is 1.75. The fraction of sp³-hybridized carbons (Fsp3) is 0.529. The highest BCUT2D eigenvalue weighted by Crippen LogP contribution is 2.12. The maximum Gasteiger partial charge on any atom is 0.410 e. The summed E-state index contributed by atoms with van der Waals surface area (Å²) in [6.45, 7) is 8.56. The van der Waals surface area contributed by atoms with Gasteiger partial charge in [-0.1, -0.05) is 30.3 Å². The summed E-state index contributed by atoms with van der Waals surface area (Å²) >= 11 is 5.33. The Hall–Kier alpha value is -1.82. The lowest BCUT2D eigenvalue weighted by Gasteiger charge is -2.36. The molecule has 0 radical (unpaired) electrons. The maximum absolute atomic E-state index is 12.0. The van der Waals surface area contributed by atoms with Gasteiger partial charge >= 0.3 is 6.09 Å². The molecule has 1 fully saturated rings. The molecular weight excluding hydrogens is 312 g/mol. The monoisotopic (exact) mass is 336 g/mol. The lowest BCUT2D eigenvalue weighted by Crippen LogP contribution is -2.51. The van der Waals surface area contributed by atoms with Gasteiger partial charge in [0.05, 0.1) is 0 Å². The minimum Gasteiger partial charge on any atom is -0.466 e. The summed E-state index contributed by atoms with van der Waals surface area (Å²) in [5, 5.41) is 0.484. The van der Waals surface area contributed by atoms with Crippen molar-refractivity contribution in [2.24, 2.45) is 0 Å². The Morgan fingerprint density at radius 2 is 1.65 bits per heavy atom. The Labute approximate surface area is 143 Å². The van der Waals surface area contributed by atoms with E-state index >= 15 is 0 Å². The fourth-order valence-electron chi connectivity index (χ4n) is 2.21. The van der Waals surface area contributed by atoms with E-state index in [9.17, 15) is 4.79 Å². The number of nitrogens with zero attached hydrogens (tertiary/aromatic N) is 2. The van der Waals surface area contributed by atoms with Gasteiger partial charge in [-0.05, 0) is 38.6 Å². The highest BCUT2D eigenvalue weighted by molar-refractivity contribution is 7.80. The lowest BCUT2D eigenvalue weighted by molar-refractivity contribution is 0.0174. The molecule has 1 aliphatic heterocycles. The van der Waals surface area contributed by atoms with Crippen molar-refractivity contribution in [3.63, 3.8) is 0 Å². The van der Waals surface area contributed by atoms with Crippen LogP contribution in [0.5, 0.6) is 0 Å². The molecule has 1 aromatic carbocycles. The Morgan fingerprint density at radius 3 is 2.22 bits per heavy atom. The lowest BCUT2D eigenvalue weighted by atomic mass is 10.2. The summed E-state index contributed by atoms with van der Waals surface area (Å²) < 4.78 is 11.0. The van der Waals surface area contributed by atoms with Crippen LogP contribution in [0.15, 0.2) is 30.3 Å². The van der Waals surface area contributed by atoms with E-state index in [1.54, 1.807) is 4.90 Å². The molecule has 1 aromatic rings. The summed E-state index contributed by atoms with van der Waals surface area (Å²) in [5.41, 5.74) is 0.615. The van der Waals surface area contributed by atoms with Crippen LogP contribution in [0.25, 0.3) is 0 Å². The first-order chi connectivity index (χ1) is 10.8. The molecule has 1 aliphatic rings. The smallest absolute Gasteiger partial charge is 0.410 e. The SMILES string of the molecule is CC(C)(C)OC(=O)N1CCN(C(=S)OCc2ccccc2)CC1. The van der Waals surface area contributed by atoms with E-state index in [1.165, 1.54) is 0 Å². The van der Waals surface area contributed by atoms with Crippen LogP contribution in [0.2, 0.25) is 0 Å². The summed E-state index contributed by atoms with van der Waals surface area (Å²) in [5.74, 6) is 0. The second-order valence-corrected chi connectivity index (χ2v) is 6.84. The van der Waals surface area contributed by atoms with Crippen LogP contribution in [0.1, 0.15) is 26.3 Å². The number of amides is 1. The third-order valence-corrected chi connectivity index (χ3v) is 3.77. The van der Waals surface area contributed by atoms with Crippen LogP contribution in [0, 0.1) is 0 Å². The van der Waals surface area contributed by atoms with Gasteiger partial charge in [-0.15, -0.1) is 0 Å². The summed E-state index contributed by atoms with van der Waals surface area (Å²) in [6.07, 6.45) is -0.270. The quantitative estimate of drug-likeness (QED) is 0.777. The Kier molecular flexibility index (Phi) is 5.82. The predicted octanol–water partition coefficient (Wildman–Crippen LogP) is 3.04. The number of carbonyl (C=O) groups excluding carboxylic acids is 1. The van der Waals surface area contributed by atoms with Crippen molar-refractivity contribution in [3.8, 4) is 0 Å². The van der Waals surface area contributed by atoms with E-state index in [1.807, 2.05) is 56.0 Å². The first kappa shape index (κ1) is 17.5. The van der Waals surface area contributed by atoms with Crippen molar-refractivity contribution >= 4 is 23.5 Å². The number of benzene rings is 1. The van der Waals surface area contributed by atoms with E-state index in [-0.39, 0.29) is 6.09 Å². The molecular formula is C17H24N2O3S. The van der Waals surface area contributed by atoms with Crippen molar-refractivity contribution in [1.29, 1.82) is 0 Å². The van der Waals surface area contributed by atoms with Gasteiger partial charge in [-0.3, -0.25) is 0 Å². The molecule has 1 saturated heterocycles. The normalized spacial score (nSPS) is 15.3. The average Bonchev–Trinajstić information content (AvgIpc) is 2.52. The maximum atomic E-state index is 12.0. The van der Waals surface area contributed by atoms with Crippen molar-refractivity contribution in [2.45, 2.75) is 33.0 Å². The van der Waals surface area contributed by atoms with Crippen LogP contribution in [-0.4, -0.2) is 52.8 Å². The second-order valence-electron chi connectivity index (χ2n) is 6.49. The number of carbonyl (C=O) groups is 1. The van der Waals surface area contributed by atoms with Gasteiger partial charge < -0.3 is 19.3 Å². The van der Waals surface area contributed by atoms with Crippen LogP contribution < -0.4 is 0 Å². The van der Waals surface area contributed by atoms with Crippen molar-refractivity contribution in [3.05, 3.63) is 35.9 Å². The molecule has 0 atom stereocenters. The van der Waals surface area contributed by atoms with E-state index in [2.05, 4.69) is 0 Å². The summed E-state index contributed by atoms with van der Waals surface area (Å²) in [6, 6.07) is 9.92. The first-order valence-electron chi connectivity index (χ1n) is 7.79. The van der Waals surface area contributed by atoms with Crippen molar-refractivity contribution in [2.75, 3.05) is 26.2 Å². The minimum absolute atomic E-state index is 0.270. The third kappa shape index (κ3) is 5.71. The number of ether oxygens (including phenoxy) is 2.